The van der Waals surface area contributed by atoms with E-state index in [0.717, 1.165) is 5.92 Å². The van der Waals surface area contributed by atoms with Crippen LogP contribution in [0.4, 0.5) is 0 Å². The fourth-order valence-corrected chi connectivity index (χ4v) is 1.60. The minimum absolute atomic E-state index is 0.860. The van der Waals surface area contributed by atoms with Crippen molar-refractivity contribution in [3.63, 3.8) is 0 Å². The lowest BCUT2D eigenvalue weighted by Gasteiger charge is -2.21. The first-order chi connectivity index (χ1) is 7.72. The first-order valence-electron chi connectivity index (χ1n) is 6.82. The zero-order valence-corrected chi connectivity index (χ0v) is 13.4. The van der Waals surface area contributed by atoms with E-state index in [0.29, 0.717) is 0 Å². The largest absolute Gasteiger partial charge is 0.183 e. The first kappa shape index (κ1) is 21.4. The van der Waals surface area contributed by atoms with Crippen LogP contribution in [-0.4, -0.2) is 6.26 Å². The number of hydrogen-bond acceptors (Lipinski definition) is 1. The van der Waals surface area contributed by atoms with Gasteiger partial charge in [-0.1, -0.05) is 65.5 Å². The van der Waals surface area contributed by atoms with Crippen LogP contribution in [-0.2, 0) is 0 Å². The van der Waals surface area contributed by atoms with Crippen LogP contribution in [0.25, 0.3) is 0 Å². The normalized spacial score (nSPS) is 14.2. The molecule has 0 aromatic carbocycles. The predicted molar refractivity (Wildman–Crippen MR) is 83.6 cm³/mol. The SMILES string of the molecule is C=C(C)C1CCCCC1.CC.CCC.CS. The fourth-order valence-electron chi connectivity index (χ4n) is 1.60. The van der Waals surface area contributed by atoms with Crippen molar-refractivity contribution in [1.82, 2.24) is 0 Å². The summed E-state index contributed by atoms with van der Waals surface area (Å²) in [6.07, 6.45) is 10.0. The van der Waals surface area contributed by atoms with E-state index in [9.17, 15) is 0 Å². The maximum atomic E-state index is 3.98. The van der Waals surface area contributed by atoms with Crippen LogP contribution in [0.3, 0.4) is 0 Å². The summed E-state index contributed by atoms with van der Waals surface area (Å²) in [4.78, 5) is 0. The monoisotopic (exact) mass is 246 g/mol. The van der Waals surface area contributed by atoms with E-state index >= 15 is 0 Å². The summed E-state index contributed by atoms with van der Waals surface area (Å²) in [6, 6.07) is 0. The van der Waals surface area contributed by atoms with E-state index in [1.165, 1.54) is 44.1 Å². The van der Waals surface area contributed by atoms with Gasteiger partial charge in [0.05, 0.1) is 0 Å². The lowest BCUT2D eigenvalue weighted by molar-refractivity contribution is 0.404. The van der Waals surface area contributed by atoms with Crippen molar-refractivity contribution < 1.29 is 0 Å². The van der Waals surface area contributed by atoms with E-state index in [-0.39, 0.29) is 0 Å². The van der Waals surface area contributed by atoms with Gasteiger partial charge in [-0.05, 0) is 31.9 Å². The van der Waals surface area contributed by atoms with Gasteiger partial charge in [0, 0.05) is 0 Å². The summed E-state index contributed by atoms with van der Waals surface area (Å²) in [5.74, 6) is 0.860. The Balaban J connectivity index is -0.000000206. The van der Waals surface area contributed by atoms with E-state index < -0.39 is 0 Å². The minimum atomic E-state index is 0.860. The van der Waals surface area contributed by atoms with Crippen LogP contribution in [0.15, 0.2) is 12.2 Å². The maximum absolute atomic E-state index is 3.98. The van der Waals surface area contributed by atoms with E-state index in [2.05, 4.69) is 40.0 Å². The second-order valence-corrected chi connectivity index (χ2v) is 3.89. The highest BCUT2D eigenvalue weighted by Gasteiger charge is 2.12. The standard InChI is InChI=1S/C9H16.C3H8.C2H6.CH4S/c1-8(2)9-6-4-3-5-7-9;1-3-2;2*1-2/h9H,1,3-7H2,2H3;3H2,1-2H3;1-2H3;2H,1H3. The average Bonchev–Trinajstić information content (AvgIpc) is 2.36. The van der Waals surface area contributed by atoms with Crippen LogP contribution in [0.5, 0.6) is 0 Å². The van der Waals surface area contributed by atoms with Gasteiger partial charge < -0.3 is 0 Å². The van der Waals surface area contributed by atoms with E-state index in [4.69, 9.17) is 0 Å². The molecule has 16 heavy (non-hydrogen) atoms. The topological polar surface area (TPSA) is 0 Å². The van der Waals surface area contributed by atoms with Gasteiger partial charge in [-0.3, -0.25) is 0 Å². The molecule has 0 nitrogen and oxygen atoms in total. The number of thiol groups is 1. The molecule has 0 amide bonds. The minimum Gasteiger partial charge on any atom is -0.183 e. The Bertz CT molecular complexity index is 113. The molecule has 0 atom stereocenters. The summed E-state index contributed by atoms with van der Waals surface area (Å²) >= 11 is 3.53. The highest BCUT2D eigenvalue weighted by molar-refractivity contribution is 7.79. The molecular formula is C15H34S. The molecule has 0 radical (unpaired) electrons. The molecule has 0 aromatic heterocycles. The third-order valence-corrected chi connectivity index (χ3v) is 2.30. The Morgan fingerprint density at radius 3 is 1.56 bits per heavy atom. The number of allylic oxidation sites excluding steroid dienone is 1. The van der Waals surface area contributed by atoms with Crippen molar-refractivity contribution in [3.8, 4) is 0 Å². The van der Waals surface area contributed by atoms with Crippen molar-refractivity contribution in [1.29, 1.82) is 0 Å². The Morgan fingerprint density at radius 2 is 1.38 bits per heavy atom. The van der Waals surface area contributed by atoms with E-state index in [1.54, 1.807) is 6.26 Å². The summed E-state index contributed by atoms with van der Waals surface area (Å²) in [5.41, 5.74) is 1.40. The molecule has 0 unspecified atom stereocenters. The van der Waals surface area contributed by atoms with Crippen molar-refractivity contribution in [3.05, 3.63) is 12.2 Å². The zero-order valence-electron chi connectivity index (χ0n) is 12.5. The summed E-state index contributed by atoms with van der Waals surface area (Å²) < 4.78 is 0. The smallest absolute Gasteiger partial charge is 0.0209 e. The van der Waals surface area contributed by atoms with Crippen molar-refractivity contribution in [2.75, 3.05) is 6.26 Å². The summed E-state index contributed by atoms with van der Waals surface area (Å²) in [5, 5.41) is 0. The Hall–Kier alpha value is 0.0900. The van der Waals surface area contributed by atoms with Crippen molar-refractivity contribution in [2.45, 2.75) is 73.1 Å². The van der Waals surface area contributed by atoms with Gasteiger partial charge in [-0.2, -0.15) is 12.6 Å². The second-order valence-electron chi connectivity index (χ2n) is 3.89. The molecule has 1 aliphatic rings. The van der Waals surface area contributed by atoms with Gasteiger partial charge in [0.1, 0.15) is 0 Å². The molecule has 0 N–H and O–H groups in total. The zero-order chi connectivity index (χ0) is 13.4. The number of hydrogen-bond donors (Lipinski definition) is 1. The summed E-state index contributed by atoms with van der Waals surface area (Å²) in [7, 11) is 0. The number of rotatable bonds is 1. The third kappa shape index (κ3) is 16.5. The molecule has 0 spiro atoms. The maximum Gasteiger partial charge on any atom is -0.0209 e. The molecule has 0 heterocycles. The van der Waals surface area contributed by atoms with Crippen LogP contribution in [0.1, 0.15) is 73.1 Å². The average molecular weight is 247 g/mol. The van der Waals surface area contributed by atoms with Gasteiger partial charge in [0.2, 0.25) is 0 Å². The van der Waals surface area contributed by atoms with Crippen LogP contribution in [0, 0.1) is 5.92 Å². The quantitative estimate of drug-likeness (QED) is 0.417. The Kier molecular flexibility index (Phi) is 27.4. The predicted octanol–water partition coefficient (Wildman–Crippen LogP) is 6.13. The van der Waals surface area contributed by atoms with Gasteiger partial charge in [-0.25, -0.2) is 0 Å². The Labute approximate surface area is 110 Å². The van der Waals surface area contributed by atoms with Gasteiger partial charge >= 0.3 is 0 Å². The molecule has 0 aromatic rings. The van der Waals surface area contributed by atoms with Crippen LogP contribution >= 0.6 is 12.6 Å². The van der Waals surface area contributed by atoms with Gasteiger partial charge in [0.25, 0.3) is 0 Å². The molecular weight excluding hydrogens is 212 g/mol. The summed E-state index contributed by atoms with van der Waals surface area (Å²) in [6.45, 7) is 14.4. The van der Waals surface area contributed by atoms with Gasteiger partial charge in [-0.15, -0.1) is 0 Å². The molecule has 0 bridgehead atoms. The lowest BCUT2D eigenvalue weighted by atomic mass is 9.85. The highest BCUT2D eigenvalue weighted by atomic mass is 32.1. The third-order valence-electron chi connectivity index (χ3n) is 2.30. The second kappa shape index (κ2) is 20.5. The molecule has 0 saturated heterocycles. The highest BCUT2D eigenvalue weighted by Crippen LogP contribution is 2.27. The molecule has 100 valence electrons. The lowest BCUT2D eigenvalue weighted by Crippen LogP contribution is -2.05. The van der Waals surface area contributed by atoms with E-state index in [1.807, 2.05) is 13.8 Å². The van der Waals surface area contributed by atoms with Crippen molar-refractivity contribution >= 4 is 12.6 Å². The van der Waals surface area contributed by atoms with Gasteiger partial charge in [0.15, 0.2) is 0 Å². The first-order valence-corrected chi connectivity index (χ1v) is 7.71. The van der Waals surface area contributed by atoms with Crippen LogP contribution in [0.2, 0.25) is 0 Å². The molecule has 0 aliphatic heterocycles. The van der Waals surface area contributed by atoms with Crippen molar-refractivity contribution in [2.24, 2.45) is 5.92 Å². The molecule has 1 heteroatoms. The molecule has 1 saturated carbocycles. The Morgan fingerprint density at radius 1 is 1.06 bits per heavy atom. The van der Waals surface area contributed by atoms with Crippen LogP contribution < -0.4 is 0 Å². The molecule has 1 rings (SSSR count). The fraction of sp³-hybridized carbons (Fsp3) is 0.867. The molecule has 1 fully saturated rings. The molecule has 1 aliphatic carbocycles.